The molecule has 1 fully saturated rings. The van der Waals surface area contributed by atoms with Gasteiger partial charge in [0, 0.05) is 43.2 Å². The maximum Gasteiger partial charge on any atom is 0.266 e. The minimum absolute atomic E-state index is 0.0201. The van der Waals surface area contributed by atoms with Gasteiger partial charge in [0.1, 0.15) is 22.2 Å². The van der Waals surface area contributed by atoms with E-state index < -0.39 is 10.0 Å². The first kappa shape index (κ1) is 26.5. The van der Waals surface area contributed by atoms with Crippen LogP contribution in [0.25, 0.3) is 0 Å². The third-order valence-corrected chi connectivity index (χ3v) is 8.65. The number of sulfonamides is 1. The molecule has 1 saturated heterocycles. The van der Waals surface area contributed by atoms with Gasteiger partial charge in [-0.2, -0.15) is 0 Å². The van der Waals surface area contributed by atoms with Crippen LogP contribution in [0.5, 0.6) is 11.5 Å². The number of benzene rings is 3. The molecule has 1 aliphatic rings. The summed E-state index contributed by atoms with van der Waals surface area (Å²) < 4.78 is 53.2. The number of rotatable bonds is 9. The van der Waals surface area contributed by atoms with E-state index in [-0.39, 0.29) is 29.0 Å². The zero-order valence-corrected chi connectivity index (χ0v) is 22.0. The van der Waals surface area contributed by atoms with Crippen molar-refractivity contribution >= 4 is 27.2 Å². The normalized spacial score (nSPS) is 14.3. The van der Waals surface area contributed by atoms with E-state index in [1.165, 1.54) is 42.8 Å². The Bertz CT molecular complexity index is 1350. The molecule has 7 nitrogen and oxygen atoms in total. The maximum atomic E-state index is 13.9. The summed E-state index contributed by atoms with van der Waals surface area (Å²) in [4.78, 5) is 15.1. The quantitative estimate of drug-likeness (QED) is 0.359. The third-order valence-electron chi connectivity index (χ3n) is 6.70. The predicted molar refractivity (Wildman–Crippen MR) is 142 cm³/mol. The Balaban J connectivity index is 1.62. The molecule has 0 radical (unpaired) electrons. The van der Waals surface area contributed by atoms with E-state index in [2.05, 4.69) is 0 Å². The Labute approximate surface area is 217 Å². The maximum absolute atomic E-state index is 13.9. The average molecular weight is 527 g/mol. The standard InChI is InChI=1S/C28H31FN2O5S/c1-4-31(23-6-5-7-24(18-23)35-2)37(33,34)27-13-12-25(36-3)19-26(27)30-16-14-21(15-17-30)28(32)20-8-10-22(29)11-9-20/h5-13,18-19,21H,4,14-17H2,1-3H3. The lowest BCUT2D eigenvalue weighted by molar-refractivity contribution is 0.0900. The molecule has 0 amide bonds. The smallest absolute Gasteiger partial charge is 0.266 e. The third kappa shape index (κ3) is 5.56. The number of hydrogen-bond acceptors (Lipinski definition) is 6. The monoisotopic (exact) mass is 526 g/mol. The van der Waals surface area contributed by atoms with E-state index in [1.54, 1.807) is 49.4 Å². The van der Waals surface area contributed by atoms with Crippen molar-refractivity contribution in [3.05, 3.63) is 78.1 Å². The summed E-state index contributed by atoms with van der Waals surface area (Å²) >= 11 is 0. The fourth-order valence-electron chi connectivity index (χ4n) is 4.70. The van der Waals surface area contributed by atoms with E-state index in [0.717, 1.165) is 0 Å². The zero-order valence-electron chi connectivity index (χ0n) is 21.2. The Morgan fingerprint density at radius 3 is 2.24 bits per heavy atom. The van der Waals surface area contributed by atoms with Gasteiger partial charge < -0.3 is 14.4 Å². The molecule has 0 N–H and O–H groups in total. The number of methoxy groups -OCH3 is 2. The molecule has 0 saturated carbocycles. The van der Waals surface area contributed by atoms with Crippen molar-refractivity contribution in [2.45, 2.75) is 24.7 Å². The number of Topliss-reactive ketones (excluding diaryl/α,β-unsaturated/α-hetero) is 1. The molecular formula is C28H31FN2O5S. The lowest BCUT2D eigenvalue weighted by Gasteiger charge is -2.35. The van der Waals surface area contributed by atoms with Crippen molar-refractivity contribution in [1.29, 1.82) is 0 Å². The summed E-state index contributed by atoms with van der Waals surface area (Å²) in [6.07, 6.45) is 1.11. The average Bonchev–Trinajstić information content (AvgIpc) is 2.93. The number of ether oxygens (including phenoxy) is 2. The van der Waals surface area contributed by atoms with Crippen LogP contribution in [0.4, 0.5) is 15.8 Å². The van der Waals surface area contributed by atoms with Crippen LogP contribution in [0.15, 0.2) is 71.6 Å². The predicted octanol–water partition coefficient (Wildman–Crippen LogP) is 5.16. The summed E-state index contributed by atoms with van der Waals surface area (Å²) in [5.41, 5.74) is 1.53. The van der Waals surface area contributed by atoms with Crippen LogP contribution in [-0.4, -0.2) is 48.1 Å². The first-order valence-corrected chi connectivity index (χ1v) is 13.6. The van der Waals surface area contributed by atoms with Crippen LogP contribution in [0.2, 0.25) is 0 Å². The largest absolute Gasteiger partial charge is 0.497 e. The molecule has 0 bridgehead atoms. The summed E-state index contributed by atoms with van der Waals surface area (Å²) in [6.45, 7) is 3.01. The van der Waals surface area contributed by atoms with Crippen LogP contribution < -0.4 is 18.7 Å². The lowest BCUT2D eigenvalue weighted by Crippen LogP contribution is -2.38. The SMILES string of the molecule is CCN(c1cccc(OC)c1)S(=O)(=O)c1ccc(OC)cc1N1CCC(C(=O)c2ccc(F)cc2)CC1. The van der Waals surface area contributed by atoms with Gasteiger partial charge in [0.05, 0.1) is 25.6 Å². The molecule has 0 atom stereocenters. The Morgan fingerprint density at radius 2 is 1.62 bits per heavy atom. The van der Waals surface area contributed by atoms with E-state index in [9.17, 15) is 17.6 Å². The summed E-state index contributed by atoms with van der Waals surface area (Å²) in [5, 5.41) is 0. The molecule has 0 unspecified atom stereocenters. The molecule has 0 aromatic heterocycles. The number of hydrogen-bond donors (Lipinski definition) is 0. The van der Waals surface area contributed by atoms with Gasteiger partial charge in [0.15, 0.2) is 5.78 Å². The molecule has 9 heteroatoms. The topological polar surface area (TPSA) is 76.2 Å². The van der Waals surface area contributed by atoms with Crippen molar-refractivity contribution < 1.29 is 27.1 Å². The second kappa shape index (κ2) is 11.2. The van der Waals surface area contributed by atoms with Crippen molar-refractivity contribution in [3.63, 3.8) is 0 Å². The number of halogens is 1. The van der Waals surface area contributed by atoms with Crippen molar-refractivity contribution in [3.8, 4) is 11.5 Å². The molecular weight excluding hydrogens is 495 g/mol. The van der Waals surface area contributed by atoms with Gasteiger partial charge in [-0.05, 0) is 68.3 Å². The molecule has 4 rings (SSSR count). The molecule has 1 aliphatic heterocycles. The minimum Gasteiger partial charge on any atom is -0.497 e. The number of carbonyl (C=O) groups excluding carboxylic acids is 1. The molecule has 3 aromatic rings. The molecule has 3 aromatic carbocycles. The summed E-state index contributed by atoms with van der Waals surface area (Å²) in [6, 6.07) is 17.5. The highest BCUT2D eigenvalue weighted by Gasteiger charge is 2.32. The summed E-state index contributed by atoms with van der Waals surface area (Å²) in [5.74, 6) is 0.495. The Hall–Kier alpha value is -3.59. The van der Waals surface area contributed by atoms with Crippen LogP contribution in [0, 0.1) is 11.7 Å². The van der Waals surface area contributed by atoms with Gasteiger partial charge in [-0.3, -0.25) is 9.10 Å². The molecule has 0 aliphatic carbocycles. The second-order valence-corrected chi connectivity index (χ2v) is 10.7. The highest BCUT2D eigenvalue weighted by Crippen LogP contribution is 2.36. The lowest BCUT2D eigenvalue weighted by atomic mass is 9.88. The zero-order chi connectivity index (χ0) is 26.6. The highest BCUT2D eigenvalue weighted by atomic mass is 32.2. The van der Waals surface area contributed by atoms with E-state index in [4.69, 9.17) is 9.47 Å². The highest BCUT2D eigenvalue weighted by molar-refractivity contribution is 7.93. The van der Waals surface area contributed by atoms with E-state index in [1.807, 2.05) is 4.90 Å². The van der Waals surface area contributed by atoms with Crippen LogP contribution >= 0.6 is 0 Å². The number of carbonyl (C=O) groups is 1. The molecule has 0 spiro atoms. The first-order valence-electron chi connectivity index (χ1n) is 12.2. The number of anilines is 2. The van der Waals surface area contributed by atoms with Crippen LogP contribution in [0.1, 0.15) is 30.1 Å². The second-order valence-electron chi connectivity index (χ2n) is 8.84. The van der Waals surface area contributed by atoms with Gasteiger partial charge in [-0.1, -0.05) is 6.07 Å². The van der Waals surface area contributed by atoms with Gasteiger partial charge in [-0.25, -0.2) is 12.8 Å². The fraction of sp³-hybridized carbons (Fsp3) is 0.321. The Kier molecular flexibility index (Phi) is 8.02. The van der Waals surface area contributed by atoms with Gasteiger partial charge in [0.2, 0.25) is 0 Å². The van der Waals surface area contributed by atoms with Crippen molar-refractivity contribution in [1.82, 2.24) is 0 Å². The molecule has 196 valence electrons. The van der Waals surface area contributed by atoms with Gasteiger partial charge >= 0.3 is 0 Å². The molecule has 1 heterocycles. The fourth-order valence-corrected chi connectivity index (χ4v) is 6.36. The van der Waals surface area contributed by atoms with Crippen molar-refractivity contribution in [2.24, 2.45) is 5.92 Å². The van der Waals surface area contributed by atoms with Gasteiger partial charge in [-0.15, -0.1) is 0 Å². The Morgan fingerprint density at radius 1 is 0.973 bits per heavy atom. The van der Waals surface area contributed by atoms with E-state index >= 15 is 0 Å². The molecule has 37 heavy (non-hydrogen) atoms. The van der Waals surface area contributed by atoms with Crippen LogP contribution in [0.3, 0.4) is 0 Å². The first-order chi connectivity index (χ1) is 17.8. The van der Waals surface area contributed by atoms with E-state index in [0.29, 0.717) is 54.4 Å². The van der Waals surface area contributed by atoms with Crippen molar-refractivity contribution in [2.75, 3.05) is 43.1 Å². The number of nitrogens with zero attached hydrogens (tertiary/aromatic N) is 2. The number of piperidine rings is 1. The van der Waals surface area contributed by atoms with Crippen LogP contribution in [-0.2, 0) is 10.0 Å². The summed E-state index contributed by atoms with van der Waals surface area (Å²) in [7, 11) is -0.858. The minimum atomic E-state index is -3.93. The number of ketones is 1. The van der Waals surface area contributed by atoms with Gasteiger partial charge in [0.25, 0.3) is 10.0 Å².